The highest BCUT2D eigenvalue weighted by Crippen LogP contribution is 2.16. The summed E-state index contributed by atoms with van der Waals surface area (Å²) < 4.78 is 5.42. The number of aliphatic hydroxyl groups is 2. The molecule has 0 fully saturated rings. The molecule has 0 aliphatic rings. The van der Waals surface area contributed by atoms with Crippen LogP contribution in [0.25, 0.3) is 0 Å². The Balaban J connectivity index is 3.53. The molecule has 1 amide bonds. The molecule has 0 aromatic rings. The molecule has 6 heteroatoms. The summed E-state index contributed by atoms with van der Waals surface area (Å²) in [6.45, 7) is 4.81. The van der Waals surface area contributed by atoms with Gasteiger partial charge in [0.2, 0.25) is 5.91 Å². The van der Waals surface area contributed by atoms with Crippen LogP contribution in [0, 0.1) is 0 Å². The predicted molar refractivity (Wildman–Crippen MR) is 246 cm³/mol. The maximum Gasteiger partial charge on any atom is 0.305 e. The second kappa shape index (κ2) is 46.8. The number of allylic oxidation sites excluding steroid dienone is 6. The van der Waals surface area contributed by atoms with Gasteiger partial charge in [0, 0.05) is 12.8 Å². The smallest absolute Gasteiger partial charge is 0.305 e. The number of unbranched alkanes of at least 4 members (excludes halogenated alkanes) is 28. The molecular weight excluding hydrogens is 707 g/mol. The predicted octanol–water partition coefficient (Wildman–Crippen LogP) is 14.5. The molecule has 334 valence electrons. The van der Waals surface area contributed by atoms with Gasteiger partial charge in [-0.3, -0.25) is 9.59 Å². The average molecular weight is 802 g/mol. The Morgan fingerprint density at radius 2 is 0.912 bits per heavy atom. The van der Waals surface area contributed by atoms with E-state index in [1.54, 1.807) is 0 Å². The van der Waals surface area contributed by atoms with Crippen molar-refractivity contribution in [2.45, 2.75) is 264 Å². The Kier molecular flexibility index (Phi) is 45.2. The van der Waals surface area contributed by atoms with Gasteiger partial charge in [-0.2, -0.15) is 0 Å². The zero-order chi connectivity index (χ0) is 41.5. The summed E-state index contributed by atoms with van der Waals surface area (Å²) in [5.41, 5.74) is 0. The lowest BCUT2D eigenvalue weighted by Gasteiger charge is -2.22. The second-order valence-electron chi connectivity index (χ2n) is 16.8. The van der Waals surface area contributed by atoms with Crippen molar-refractivity contribution in [3.05, 3.63) is 36.5 Å². The van der Waals surface area contributed by atoms with Crippen molar-refractivity contribution in [3.63, 3.8) is 0 Å². The highest BCUT2D eigenvalue weighted by molar-refractivity contribution is 5.76. The molecule has 0 aromatic heterocycles. The van der Waals surface area contributed by atoms with Crippen LogP contribution in [0.5, 0.6) is 0 Å². The van der Waals surface area contributed by atoms with E-state index in [0.29, 0.717) is 25.9 Å². The first-order valence-corrected chi connectivity index (χ1v) is 24.7. The van der Waals surface area contributed by atoms with Crippen LogP contribution in [0.2, 0.25) is 0 Å². The quantitative estimate of drug-likeness (QED) is 0.0324. The van der Waals surface area contributed by atoms with E-state index < -0.39 is 12.1 Å². The minimum atomic E-state index is -0.681. The molecule has 0 aliphatic heterocycles. The Morgan fingerprint density at radius 1 is 0.491 bits per heavy atom. The number of carbonyl (C=O) groups is 2. The van der Waals surface area contributed by atoms with Crippen LogP contribution in [0.1, 0.15) is 251 Å². The molecule has 0 heterocycles. The standard InChI is InChI=1S/C51H95NO5/c1-3-5-7-9-11-13-15-17-18-20-23-27-31-35-39-43-49(54)48(47-53)52-50(55)44-40-36-32-28-24-21-22-26-30-34-38-42-46-57-51(56)45-41-37-33-29-25-19-16-14-12-10-8-6-4-2/h8,10,14,16,22,26,48-49,53-54H,3-7,9,11-13,15,17-21,23-25,27-47H2,1-2H3,(H,52,55)/b10-8-,16-14-,26-22-. The van der Waals surface area contributed by atoms with Gasteiger partial charge in [0.25, 0.3) is 0 Å². The Hall–Kier alpha value is -1.92. The minimum absolute atomic E-state index is 0.0386. The zero-order valence-corrected chi connectivity index (χ0v) is 37.8. The van der Waals surface area contributed by atoms with Crippen molar-refractivity contribution in [2.75, 3.05) is 13.2 Å². The molecule has 0 aromatic carbocycles. The van der Waals surface area contributed by atoms with Crippen molar-refractivity contribution in [3.8, 4) is 0 Å². The molecule has 0 rings (SSSR count). The van der Waals surface area contributed by atoms with Crippen LogP contribution in [-0.4, -0.2) is 47.4 Å². The van der Waals surface area contributed by atoms with Crippen LogP contribution < -0.4 is 5.32 Å². The number of aliphatic hydroxyl groups excluding tert-OH is 2. The summed E-state index contributed by atoms with van der Waals surface area (Å²) in [7, 11) is 0. The molecule has 0 saturated carbocycles. The van der Waals surface area contributed by atoms with Crippen LogP contribution >= 0.6 is 0 Å². The molecule has 57 heavy (non-hydrogen) atoms. The topological polar surface area (TPSA) is 95.9 Å². The van der Waals surface area contributed by atoms with Crippen LogP contribution in [0.4, 0.5) is 0 Å². The highest BCUT2D eigenvalue weighted by atomic mass is 16.5. The summed E-state index contributed by atoms with van der Waals surface area (Å²) >= 11 is 0. The van der Waals surface area contributed by atoms with Crippen molar-refractivity contribution >= 4 is 11.9 Å². The average Bonchev–Trinajstić information content (AvgIpc) is 3.21. The largest absolute Gasteiger partial charge is 0.466 e. The maximum absolute atomic E-state index is 12.4. The van der Waals surface area contributed by atoms with E-state index in [0.717, 1.165) is 89.9 Å². The maximum atomic E-state index is 12.4. The van der Waals surface area contributed by atoms with Gasteiger partial charge in [-0.15, -0.1) is 0 Å². The van der Waals surface area contributed by atoms with Gasteiger partial charge in [0.15, 0.2) is 0 Å². The third kappa shape index (κ3) is 43.5. The fraction of sp³-hybridized carbons (Fsp3) is 0.843. The molecule has 0 radical (unpaired) electrons. The fourth-order valence-electron chi connectivity index (χ4n) is 7.32. The van der Waals surface area contributed by atoms with Gasteiger partial charge in [0.1, 0.15) is 0 Å². The number of nitrogens with one attached hydrogen (secondary N) is 1. The van der Waals surface area contributed by atoms with Gasteiger partial charge in [-0.05, 0) is 83.5 Å². The zero-order valence-electron chi connectivity index (χ0n) is 37.8. The molecule has 3 N–H and O–H groups in total. The van der Waals surface area contributed by atoms with Gasteiger partial charge in [0.05, 0.1) is 25.4 Å². The minimum Gasteiger partial charge on any atom is -0.466 e. The number of hydrogen-bond acceptors (Lipinski definition) is 5. The normalized spacial score (nSPS) is 13.0. The first-order chi connectivity index (χ1) is 28.0. The van der Waals surface area contributed by atoms with Crippen molar-refractivity contribution in [1.82, 2.24) is 5.32 Å². The number of amides is 1. The second-order valence-corrected chi connectivity index (χ2v) is 16.8. The third-order valence-corrected chi connectivity index (χ3v) is 11.1. The molecule has 0 aliphatic carbocycles. The van der Waals surface area contributed by atoms with Gasteiger partial charge in [-0.25, -0.2) is 0 Å². The summed E-state index contributed by atoms with van der Waals surface area (Å²) in [5.74, 6) is -0.101. The van der Waals surface area contributed by atoms with Crippen LogP contribution in [-0.2, 0) is 14.3 Å². The lowest BCUT2D eigenvalue weighted by Crippen LogP contribution is -2.45. The van der Waals surface area contributed by atoms with Gasteiger partial charge in [-0.1, -0.05) is 192 Å². The number of hydrogen-bond donors (Lipinski definition) is 3. The van der Waals surface area contributed by atoms with Gasteiger partial charge >= 0.3 is 5.97 Å². The molecule has 0 spiro atoms. The highest BCUT2D eigenvalue weighted by Gasteiger charge is 2.20. The fourth-order valence-corrected chi connectivity index (χ4v) is 7.32. The number of esters is 1. The number of carbonyl (C=O) groups excluding carboxylic acids is 2. The molecular formula is C51H95NO5. The van der Waals surface area contributed by atoms with E-state index in [9.17, 15) is 19.8 Å². The van der Waals surface area contributed by atoms with E-state index in [4.69, 9.17) is 4.74 Å². The van der Waals surface area contributed by atoms with E-state index in [1.807, 2.05) is 0 Å². The van der Waals surface area contributed by atoms with Crippen LogP contribution in [0.3, 0.4) is 0 Å². The summed E-state index contributed by atoms with van der Waals surface area (Å²) in [6, 6.07) is -0.561. The number of rotatable bonds is 45. The summed E-state index contributed by atoms with van der Waals surface area (Å²) in [4.78, 5) is 24.4. The van der Waals surface area contributed by atoms with Crippen molar-refractivity contribution in [1.29, 1.82) is 0 Å². The molecule has 0 bridgehead atoms. The summed E-state index contributed by atoms with van der Waals surface area (Å²) in [6.07, 6.45) is 55.3. The first-order valence-electron chi connectivity index (χ1n) is 24.7. The summed E-state index contributed by atoms with van der Waals surface area (Å²) in [5, 5.41) is 23.2. The van der Waals surface area contributed by atoms with E-state index >= 15 is 0 Å². The Labute approximate surface area is 353 Å². The molecule has 2 atom stereocenters. The molecule has 2 unspecified atom stereocenters. The van der Waals surface area contributed by atoms with Gasteiger partial charge < -0.3 is 20.3 Å². The first kappa shape index (κ1) is 55.1. The number of ether oxygens (including phenoxy) is 1. The van der Waals surface area contributed by atoms with Crippen molar-refractivity contribution < 1.29 is 24.5 Å². The van der Waals surface area contributed by atoms with E-state index in [1.165, 1.54) is 128 Å². The lowest BCUT2D eigenvalue weighted by molar-refractivity contribution is -0.143. The Morgan fingerprint density at radius 3 is 1.42 bits per heavy atom. The monoisotopic (exact) mass is 802 g/mol. The SMILES string of the molecule is CCC/C=C\C/C=C\CCCCCCCC(=O)OCCCCC/C=C\CCCCCCCC(=O)NC(CO)C(O)CCCCCCCCCCCCCCCCC. The molecule has 0 saturated heterocycles. The lowest BCUT2D eigenvalue weighted by atomic mass is 10.0. The molecule has 6 nitrogen and oxygen atoms in total. The van der Waals surface area contributed by atoms with Crippen molar-refractivity contribution in [2.24, 2.45) is 0 Å². The van der Waals surface area contributed by atoms with E-state index in [-0.39, 0.29) is 18.5 Å². The Bertz CT molecular complexity index is 931. The van der Waals surface area contributed by atoms with Crippen LogP contribution in [0.15, 0.2) is 36.5 Å². The van der Waals surface area contributed by atoms with E-state index in [2.05, 4.69) is 55.6 Å². The third-order valence-electron chi connectivity index (χ3n) is 11.1.